The van der Waals surface area contributed by atoms with Crippen LogP contribution in [0, 0.1) is 6.92 Å². The average Bonchev–Trinajstić information content (AvgIpc) is 2.62. The zero-order valence-corrected chi connectivity index (χ0v) is 16.5. The Balaban J connectivity index is 1.93. The summed E-state index contributed by atoms with van der Waals surface area (Å²) in [5.74, 6) is 0.974. The Bertz CT molecular complexity index is 558. The number of likely N-dealkylation sites (N-methyl/N-ethyl adjacent to an activating group) is 1. The second-order valence-corrected chi connectivity index (χ2v) is 6.86. The fraction of sp³-hybridized carbons (Fsp3) is 0.650. The minimum atomic E-state index is 0.108. The van der Waals surface area contributed by atoms with E-state index in [-0.39, 0.29) is 6.10 Å². The molecule has 0 amide bonds. The lowest BCUT2D eigenvalue weighted by atomic mass is 10.0. The average molecular weight is 347 g/mol. The number of nitrogens with one attached hydrogen (secondary N) is 1. The monoisotopic (exact) mass is 346 g/mol. The summed E-state index contributed by atoms with van der Waals surface area (Å²) in [6, 6.07) is 9.05. The molecule has 0 bridgehead atoms. The maximum Gasteiger partial charge on any atom is 0.193 e. The van der Waals surface area contributed by atoms with E-state index in [0.717, 1.165) is 45.3 Å². The normalized spacial score (nSPS) is 18.9. The molecule has 25 heavy (non-hydrogen) atoms. The van der Waals surface area contributed by atoms with Gasteiger partial charge < -0.3 is 15.0 Å². The highest BCUT2D eigenvalue weighted by Gasteiger charge is 2.25. The van der Waals surface area contributed by atoms with Gasteiger partial charge in [0.25, 0.3) is 0 Å². The van der Waals surface area contributed by atoms with Gasteiger partial charge in [-0.1, -0.05) is 31.2 Å². The molecule has 1 aliphatic rings. The van der Waals surface area contributed by atoms with E-state index in [2.05, 4.69) is 72.1 Å². The standard InChI is InChI=1S/C20H34N4O/c1-6-23(16(2)3)12-11-22-20(21-5)24-13-14-25-19(15-24)18-10-8-7-9-17(18)4/h7-10,16,19H,6,11-15H2,1-5H3,(H,21,22). The summed E-state index contributed by atoms with van der Waals surface area (Å²) in [6.07, 6.45) is 0.108. The molecule has 1 fully saturated rings. The molecule has 1 aromatic carbocycles. The first-order valence-electron chi connectivity index (χ1n) is 9.43. The molecule has 5 heteroatoms. The Morgan fingerprint density at radius 2 is 2.16 bits per heavy atom. The molecule has 0 radical (unpaired) electrons. The smallest absolute Gasteiger partial charge is 0.193 e. The third-order valence-corrected chi connectivity index (χ3v) is 4.93. The van der Waals surface area contributed by atoms with Crippen molar-refractivity contribution in [2.24, 2.45) is 4.99 Å². The summed E-state index contributed by atoms with van der Waals surface area (Å²) < 4.78 is 6.03. The molecule has 0 aliphatic carbocycles. The Hall–Kier alpha value is -1.59. The fourth-order valence-electron chi connectivity index (χ4n) is 3.40. The number of guanidine groups is 1. The van der Waals surface area contributed by atoms with Crippen molar-refractivity contribution in [1.29, 1.82) is 0 Å². The Morgan fingerprint density at radius 1 is 1.40 bits per heavy atom. The fourth-order valence-corrected chi connectivity index (χ4v) is 3.40. The van der Waals surface area contributed by atoms with Gasteiger partial charge in [0, 0.05) is 32.7 Å². The SMILES string of the molecule is CCN(CCNC(=NC)N1CCOC(c2ccccc2C)C1)C(C)C. The van der Waals surface area contributed by atoms with Crippen molar-refractivity contribution in [3.05, 3.63) is 35.4 Å². The Morgan fingerprint density at radius 3 is 2.80 bits per heavy atom. The molecule has 1 unspecified atom stereocenters. The predicted octanol–water partition coefficient (Wildman–Crippen LogP) is 2.67. The molecule has 0 spiro atoms. The molecular formula is C20H34N4O. The van der Waals surface area contributed by atoms with Crippen molar-refractivity contribution >= 4 is 5.96 Å². The molecule has 1 atom stereocenters. The van der Waals surface area contributed by atoms with Crippen molar-refractivity contribution in [1.82, 2.24) is 15.1 Å². The van der Waals surface area contributed by atoms with Gasteiger partial charge in [-0.05, 0) is 38.4 Å². The number of hydrogen-bond acceptors (Lipinski definition) is 3. The minimum absolute atomic E-state index is 0.108. The molecule has 0 aromatic heterocycles. The third-order valence-electron chi connectivity index (χ3n) is 4.93. The molecule has 140 valence electrons. The van der Waals surface area contributed by atoms with E-state index >= 15 is 0 Å². The molecule has 5 nitrogen and oxygen atoms in total. The van der Waals surface area contributed by atoms with Crippen LogP contribution in [-0.2, 0) is 4.74 Å². The van der Waals surface area contributed by atoms with Gasteiger partial charge in [-0.3, -0.25) is 9.89 Å². The maximum absolute atomic E-state index is 6.03. The van der Waals surface area contributed by atoms with Gasteiger partial charge in [-0.2, -0.15) is 0 Å². The van der Waals surface area contributed by atoms with Crippen molar-refractivity contribution < 1.29 is 4.74 Å². The van der Waals surface area contributed by atoms with Gasteiger partial charge in [-0.15, -0.1) is 0 Å². The maximum atomic E-state index is 6.03. The van der Waals surface area contributed by atoms with Crippen LogP contribution in [0.3, 0.4) is 0 Å². The zero-order chi connectivity index (χ0) is 18.2. The van der Waals surface area contributed by atoms with Gasteiger partial charge in [0.1, 0.15) is 6.10 Å². The van der Waals surface area contributed by atoms with E-state index < -0.39 is 0 Å². The second-order valence-electron chi connectivity index (χ2n) is 6.86. The first-order valence-corrected chi connectivity index (χ1v) is 9.43. The lowest BCUT2D eigenvalue weighted by Crippen LogP contribution is -2.50. The largest absolute Gasteiger partial charge is 0.370 e. The van der Waals surface area contributed by atoms with E-state index in [1.54, 1.807) is 0 Å². The number of hydrogen-bond donors (Lipinski definition) is 1. The summed E-state index contributed by atoms with van der Waals surface area (Å²) in [5.41, 5.74) is 2.56. The highest BCUT2D eigenvalue weighted by Crippen LogP contribution is 2.24. The van der Waals surface area contributed by atoms with Gasteiger partial charge in [0.05, 0.1) is 13.2 Å². The quantitative estimate of drug-likeness (QED) is 0.635. The summed E-state index contributed by atoms with van der Waals surface area (Å²) in [4.78, 5) is 9.25. The van der Waals surface area contributed by atoms with Crippen LogP contribution >= 0.6 is 0 Å². The number of benzene rings is 1. The third kappa shape index (κ3) is 5.44. The molecule has 1 N–H and O–H groups in total. The Kier molecular flexibility index (Phi) is 7.72. The van der Waals surface area contributed by atoms with E-state index in [4.69, 9.17) is 4.74 Å². The summed E-state index contributed by atoms with van der Waals surface area (Å²) >= 11 is 0. The van der Waals surface area contributed by atoms with Crippen LogP contribution in [0.2, 0.25) is 0 Å². The van der Waals surface area contributed by atoms with E-state index in [1.807, 2.05) is 7.05 Å². The number of aliphatic imine (C=N–C) groups is 1. The number of rotatable bonds is 6. The van der Waals surface area contributed by atoms with Crippen molar-refractivity contribution in [3.8, 4) is 0 Å². The van der Waals surface area contributed by atoms with E-state index in [1.165, 1.54) is 11.1 Å². The van der Waals surface area contributed by atoms with E-state index in [9.17, 15) is 0 Å². The lowest BCUT2D eigenvalue weighted by Gasteiger charge is -2.36. The molecule has 1 saturated heterocycles. The summed E-state index contributed by atoms with van der Waals surface area (Å²) in [6.45, 7) is 14.3. The first kappa shape index (κ1) is 19.7. The van der Waals surface area contributed by atoms with Gasteiger partial charge in [0.15, 0.2) is 5.96 Å². The van der Waals surface area contributed by atoms with E-state index in [0.29, 0.717) is 6.04 Å². The predicted molar refractivity (Wildman–Crippen MR) is 105 cm³/mol. The number of ether oxygens (including phenoxy) is 1. The summed E-state index contributed by atoms with van der Waals surface area (Å²) in [5, 5.41) is 3.52. The Labute approximate surface area is 153 Å². The van der Waals surface area contributed by atoms with Gasteiger partial charge >= 0.3 is 0 Å². The lowest BCUT2D eigenvalue weighted by molar-refractivity contribution is -0.00834. The molecular weight excluding hydrogens is 312 g/mol. The molecule has 1 aromatic rings. The van der Waals surface area contributed by atoms with Crippen LogP contribution in [0.4, 0.5) is 0 Å². The number of nitrogens with zero attached hydrogens (tertiary/aromatic N) is 3. The van der Waals surface area contributed by atoms with Crippen LogP contribution in [0.5, 0.6) is 0 Å². The van der Waals surface area contributed by atoms with Crippen LogP contribution in [-0.4, -0.2) is 68.2 Å². The molecule has 2 rings (SSSR count). The molecule has 1 heterocycles. The minimum Gasteiger partial charge on any atom is -0.370 e. The van der Waals surface area contributed by atoms with Crippen molar-refractivity contribution in [2.75, 3.05) is 46.4 Å². The van der Waals surface area contributed by atoms with Crippen LogP contribution in [0.1, 0.15) is 38.0 Å². The topological polar surface area (TPSA) is 40.1 Å². The number of morpholine rings is 1. The van der Waals surface area contributed by atoms with Crippen LogP contribution < -0.4 is 5.32 Å². The zero-order valence-electron chi connectivity index (χ0n) is 16.5. The molecule has 1 aliphatic heterocycles. The van der Waals surface area contributed by atoms with Gasteiger partial charge in [0.2, 0.25) is 0 Å². The van der Waals surface area contributed by atoms with Crippen molar-refractivity contribution in [3.63, 3.8) is 0 Å². The number of aryl methyl sites for hydroxylation is 1. The summed E-state index contributed by atoms with van der Waals surface area (Å²) in [7, 11) is 1.86. The van der Waals surface area contributed by atoms with Crippen LogP contribution in [0.15, 0.2) is 29.3 Å². The highest BCUT2D eigenvalue weighted by molar-refractivity contribution is 5.80. The molecule has 0 saturated carbocycles. The van der Waals surface area contributed by atoms with Crippen LogP contribution in [0.25, 0.3) is 0 Å². The second kappa shape index (κ2) is 9.78. The van der Waals surface area contributed by atoms with Gasteiger partial charge in [-0.25, -0.2) is 0 Å². The first-order chi connectivity index (χ1) is 12.1. The highest BCUT2D eigenvalue weighted by atomic mass is 16.5. The van der Waals surface area contributed by atoms with Crippen molar-refractivity contribution in [2.45, 2.75) is 39.8 Å².